The second-order valence-corrected chi connectivity index (χ2v) is 3.53. The summed E-state index contributed by atoms with van der Waals surface area (Å²) in [4.78, 5) is 0. The van der Waals surface area contributed by atoms with E-state index in [1.54, 1.807) is 0 Å². The van der Waals surface area contributed by atoms with Gasteiger partial charge in [-0.1, -0.05) is 0 Å². The number of hydrogen-bond donors (Lipinski definition) is 1. The Morgan fingerprint density at radius 3 is 1.62 bits per heavy atom. The van der Waals surface area contributed by atoms with Crippen LogP contribution in [0.4, 0.5) is 26.3 Å². The van der Waals surface area contributed by atoms with Crippen LogP contribution in [-0.2, 0) is 4.74 Å². The van der Waals surface area contributed by atoms with Gasteiger partial charge >= 0.3 is 12.4 Å². The minimum Gasteiger partial charge on any atom is -0.379 e. The molecule has 0 aliphatic rings. The van der Waals surface area contributed by atoms with E-state index < -0.39 is 37.1 Å². The second kappa shape index (κ2) is 4.79. The van der Waals surface area contributed by atoms with Crippen molar-refractivity contribution in [3.63, 3.8) is 0 Å². The Labute approximate surface area is 88.2 Å². The number of rotatable bonds is 4. The zero-order valence-electron chi connectivity index (χ0n) is 8.61. The van der Waals surface area contributed by atoms with Gasteiger partial charge in [0.05, 0.1) is 12.7 Å². The molecule has 0 saturated heterocycles. The molecular formula is C8H12F6O2. The van der Waals surface area contributed by atoms with E-state index in [-0.39, 0.29) is 0 Å². The van der Waals surface area contributed by atoms with Gasteiger partial charge in [0.25, 0.3) is 5.60 Å². The second-order valence-electron chi connectivity index (χ2n) is 3.53. The minimum atomic E-state index is -5.77. The van der Waals surface area contributed by atoms with Crippen molar-refractivity contribution in [1.82, 2.24) is 0 Å². The highest BCUT2D eigenvalue weighted by Crippen LogP contribution is 2.45. The standard InChI is InChI=1S/C8H12F6O2/c1-5(2)16-4-3-6(15,7(9,10)11)8(12,13)14/h5,15H,3-4H2,1-2H3. The lowest BCUT2D eigenvalue weighted by atomic mass is 9.99. The molecule has 16 heavy (non-hydrogen) atoms. The van der Waals surface area contributed by atoms with E-state index in [0.717, 1.165) is 0 Å². The summed E-state index contributed by atoms with van der Waals surface area (Å²) in [5, 5.41) is 8.67. The van der Waals surface area contributed by atoms with Gasteiger partial charge in [0.15, 0.2) is 0 Å². The van der Waals surface area contributed by atoms with Crippen LogP contribution in [0.25, 0.3) is 0 Å². The van der Waals surface area contributed by atoms with E-state index in [1.807, 2.05) is 0 Å². The average Bonchev–Trinajstić information content (AvgIpc) is 1.98. The monoisotopic (exact) mass is 254 g/mol. The summed E-state index contributed by atoms with van der Waals surface area (Å²) >= 11 is 0. The topological polar surface area (TPSA) is 29.5 Å². The fraction of sp³-hybridized carbons (Fsp3) is 1.00. The summed E-state index contributed by atoms with van der Waals surface area (Å²) in [6.07, 6.45) is -13.6. The lowest BCUT2D eigenvalue weighted by Crippen LogP contribution is -2.57. The normalized spacial score (nSPS) is 14.6. The third kappa shape index (κ3) is 3.51. The van der Waals surface area contributed by atoms with Gasteiger partial charge in [0.2, 0.25) is 0 Å². The number of aliphatic hydroxyl groups is 1. The van der Waals surface area contributed by atoms with Gasteiger partial charge in [-0.25, -0.2) is 0 Å². The number of alkyl halides is 6. The van der Waals surface area contributed by atoms with Gasteiger partial charge in [0.1, 0.15) is 0 Å². The van der Waals surface area contributed by atoms with Crippen molar-refractivity contribution in [2.45, 2.75) is 44.3 Å². The molecule has 0 amide bonds. The average molecular weight is 254 g/mol. The van der Waals surface area contributed by atoms with E-state index in [0.29, 0.717) is 0 Å². The van der Waals surface area contributed by atoms with Crippen LogP contribution in [-0.4, -0.2) is 35.8 Å². The largest absolute Gasteiger partial charge is 0.426 e. The van der Waals surface area contributed by atoms with Crippen molar-refractivity contribution in [2.75, 3.05) is 6.61 Å². The van der Waals surface area contributed by atoms with Crippen LogP contribution in [0.3, 0.4) is 0 Å². The Morgan fingerprint density at radius 1 is 1.00 bits per heavy atom. The molecular weight excluding hydrogens is 242 g/mol. The van der Waals surface area contributed by atoms with E-state index in [1.165, 1.54) is 13.8 Å². The molecule has 0 saturated carbocycles. The predicted octanol–water partition coefficient (Wildman–Crippen LogP) is 2.66. The zero-order chi connectivity index (χ0) is 13.2. The summed E-state index contributed by atoms with van der Waals surface area (Å²) in [7, 11) is 0. The SMILES string of the molecule is CC(C)OCCC(O)(C(F)(F)F)C(F)(F)F. The number of ether oxygens (including phenoxy) is 1. The van der Waals surface area contributed by atoms with Crippen LogP contribution >= 0.6 is 0 Å². The minimum absolute atomic E-state index is 0.509. The molecule has 0 unspecified atom stereocenters. The molecule has 0 aliphatic carbocycles. The molecule has 1 N–H and O–H groups in total. The Hall–Kier alpha value is -0.500. The molecule has 2 nitrogen and oxygen atoms in total. The Balaban J connectivity index is 4.71. The third-order valence-corrected chi connectivity index (χ3v) is 1.85. The first kappa shape index (κ1) is 15.5. The molecule has 0 spiro atoms. The molecule has 0 heterocycles. The highest BCUT2D eigenvalue weighted by molar-refractivity contribution is 4.93. The van der Waals surface area contributed by atoms with Crippen LogP contribution in [0, 0.1) is 0 Å². The van der Waals surface area contributed by atoms with Gasteiger partial charge in [-0.15, -0.1) is 0 Å². The summed E-state index contributed by atoms with van der Waals surface area (Å²) in [6.45, 7) is 2.09. The van der Waals surface area contributed by atoms with Gasteiger partial charge in [-0.3, -0.25) is 0 Å². The Morgan fingerprint density at radius 2 is 1.38 bits per heavy atom. The molecule has 98 valence electrons. The maximum Gasteiger partial charge on any atom is 0.426 e. The summed E-state index contributed by atoms with van der Waals surface area (Å²) < 4.78 is 77.2. The highest BCUT2D eigenvalue weighted by Gasteiger charge is 2.69. The molecule has 0 fully saturated rings. The van der Waals surface area contributed by atoms with Gasteiger partial charge in [-0.05, 0) is 13.8 Å². The van der Waals surface area contributed by atoms with Crippen LogP contribution < -0.4 is 0 Å². The molecule has 0 aromatic carbocycles. The Kier molecular flexibility index (Phi) is 4.64. The van der Waals surface area contributed by atoms with Crippen molar-refractivity contribution in [2.24, 2.45) is 0 Å². The predicted molar refractivity (Wildman–Crippen MR) is 42.8 cm³/mol. The molecule has 8 heteroatoms. The highest BCUT2D eigenvalue weighted by atomic mass is 19.4. The van der Waals surface area contributed by atoms with Crippen molar-refractivity contribution in [3.8, 4) is 0 Å². The van der Waals surface area contributed by atoms with Crippen LogP contribution in [0.15, 0.2) is 0 Å². The lowest BCUT2D eigenvalue weighted by Gasteiger charge is -2.32. The van der Waals surface area contributed by atoms with Crippen molar-refractivity contribution in [3.05, 3.63) is 0 Å². The first-order valence-electron chi connectivity index (χ1n) is 4.39. The summed E-state index contributed by atoms with van der Waals surface area (Å²) in [5.41, 5.74) is -4.71. The van der Waals surface area contributed by atoms with Crippen LogP contribution in [0.1, 0.15) is 20.3 Å². The fourth-order valence-corrected chi connectivity index (χ4v) is 0.887. The molecule has 0 aromatic heterocycles. The Bertz CT molecular complexity index is 206. The first-order valence-corrected chi connectivity index (χ1v) is 4.39. The number of halogens is 6. The van der Waals surface area contributed by atoms with Crippen LogP contribution in [0.2, 0.25) is 0 Å². The quantitative estimate of drug-likeness (QED) is 0.781. The van der Waals surface area contributed by atoms with Crippen LogP contribution in [0.5, 0.6) is 0 Å². The summed E-state index contributed by atoms with van der Waals surface area (Å²) in [5.74, 6) is 0. The van der Waals surface area contributed by atoms with Gasteiger partial charge < -0.3 is 9.84 Å². The lowest BCUT2D eigenvalue weighted by molar-refractivity contribution is -0.371. The number of hydrogen-bond acceptors (Lipinski definition) is 2. The van der Waals surface area contributed by atoms with E-state index in [9.17, 15) is 26.3 Å². The van der Waals surface area contributed by atoms with E-state index >= 15 is 0 Å². The molecule has 0 bridgehead atoms. The van der Waals surface area contributed by atoms with Gasteiger partial charge in [-0.2, -0.15) is 26.3 Å². The van der Waals surface area contributed by atoms with Gasteiger partial charge in [0, 0.05) is 6.42 Å². The molecule has 0 rings (SSSR count). The van der Waals surface area contributed by atoms with E-state index in [4.69, 9.17) is 5.11 Å². The van der Waals surface area contributed by atoms with Crippen molar-refractivity contribution < 1.29 is 36.2 Å². The maximum absolute atomic E-state index is 12.1. The van der Waals surface area contributed by atoms with Crippen molar-refractivity contribution in [1.29, 1.82) is 0 Å². The molecule has 0 aromatic rings. The maximum atomic E-state index is 12.1. The fourth-order valence-electron chi connectivity index (χ4n) is 0.887. The zero-order valence-corrected chi connectivity index (χ0v) is 8.61. The molecule has 0 atom stereocenters. The smallest absolute Gasteiger partial charge is 0.379 e. The summed E-state index contributed by atoms with van der Waals surface area (Å²) in [6, 6.07) is 0. The first-order chi connectivity index (χ1) is 6.92. The van der Waals surface area contributed by atoms with E-state index in [2.05, 4.69) is 4.74 Å². The third-order valence-electron chi connectivity index (χ3n) is 1.85. The molecule has 0 radical (unpaired) electrons. The molecule has 0 aliphatic heterocycles. The van der Waals surface area contributed by atoms with Crippen molar-refractivity contribution >= 4 is 0 Å².